The fourth-order valence-electron chi connectivity index (χ4n) is 1.94. The molecular weight excluding hydrogens is 252 g/mol. The van der Waals surface area contributed by atoms with Gasteiger partial charge in [-0.25, -0.2) is 0 Å². The fraction of sp³-hybridized carbons (Fsp3) is 0.333. The molecule has 0 saturated carbocycles. The summed E-state index contributed by atoms with van der Waals surface area (Å²) >= 11 is 0. The number of nitrogens with zero attached hydrogens (tertiary/aromatic N) is 2. The first kappa shape index (κ1) is 14.1. The third-order valence-corrected chi connectivity index (χ3v) is 3.03. The van der Waals surface area contributed by atoms with Crippen LogP contribution >= 0.6 is 0 Å². The van der Waals surface area contributed by atoms with Crippen LogP contribution in [0, 0.1) is 0 Å². The summed E-state index contributed by atoms with van der Waals surface area (Å²) in [5, 5.41) is 10.0. The van der Waals surface area contributed by atoms with Crippen molar-refractivity contribution in [2.24, 2.45) is 0 Å². The number of rotatable bonds is 7. The molecule has 0 aliphatic carbocycles. The summed E-state index contributed by atoms with van der Waals surface area (Å²) < 4.78 is 1.62. The molecular formula is C15H20N4O. The van der Waals surface area contributed by atoms with Crippen LogP contribution in [0.5, 0.6) is 0 Å². The number of nitrogens with one attached hydrogen (secondary N) is 2. The SMILES string of the molecule is CNC(=O)Cn1cc(NCCCc2ccccc2)cn1. The molecule has 2 N–H and O–H groups in total. The van der Waals surface area contributed by atoms with E-state index >= 15 is 0 Å². The van der Waals surface area contributed by atoms with Crippen LogP contribution in [-0.2, 0) is 17.8 Å². The first-order valence-electron chi connectivity index (χ1n) is 6.79. The highest BCUT2D eigenvalue weighted by Gasteiger charge is 2.02. The summed E-state index contributed by atoms with van der Waals surface area (Å²) in [7, 11) is 1.62. The highest BCUT2D eigenvalue weighted by molar-refractivity contribution is 5.75. The molecule has 1 aromatic heterocycles. The number of aryl methyl sites for hydroxylation is 1. The molecule has 0 atom stereocenters. The van der Waals surface area contributed by atoms with E-state index in [1.54, 1.807) is 17.9 Å². The van der Waals surface area contributed by atoms with Gasteiger partial charge in [0.15, 0.2) is 0 Å². The van der Waals surface area contributed by atoms with Gasteiger partial charge in [-0.05, 0) is 18.4 Å². The topological polar surface area (TPSA) is 59.0 Å². The lowest BCUT2D eigenvalue weighted by Gasteiger charge is -2.03. The van der Waals surface area contributed by atoms with Crippen LogP contribution in [0.25, 0.3) is 0 Å². The molecule has 1 heterocycles. The van der Waals surface area contributed by atoms with Gasteiger partial charge in [0.1, 0.15) is 6.54 Å². The maximum absolute atomic E-state index is 11.2. The number of likely N-dealkylation sites (N-methyl/N-ethyl adjacent to an activating group) is 1. The van der Waals surface area contributed by atoms with Crippen molar-refractivity contribution in [3.05, 3.63) is 48.3 Å². The number of carbonyl (C=O) groups is 1. The van der Waals surface area contributed by atoms with Crippen molar-refractivity contribution < 1.29 is 4.79 Å². The molecule has 5 heteroatoms. The predicted octanol–water partition coefficient (Wildman–Crippen LogP) is 1.67. The monoisotopic (exact) mass is 272 g/mol. The van der Waals surface area contributed by atoms with E-state index in [-0.39, 0.29) is 12.5 Å². The Balaban J connectivity index is 1.70. The molecule has 0 radical (unpaired) electrons. The van der Waals surface area contributed by atoms with E-state index in [1.807, 2.05) is 12.3 Å². The van der Waals surface area contributed by atoms with E-state index in [2.05, 4.69) is 40.0 Å². The minimum Gasteiger partial charge on any atom is -0.382 e. The van der Waals surface area contributed by atoms with E-state index in [9.17, 15) is 4.79 Å². The second kappa shape index (κ2) is 7.33. The Morgan fingerprint density at radius 3 is 2.85 bits per heavy atom. The van der Waals surface area contributed by atoms with Crippen molar-refractivity contribution in [2.45, 2.75) is 19.4 Å². The van der Waals surface area contributed by atoms with Crippen LogP contribution in [0.2, 0.25) is 0 Å². The minimum absolute atomic E-state index is 0.0521. The van der Waals surface area contributed by atoms with Gasteiger partial charge in [0, 0.05) is 19.8 Å². The lowest BCUT2D eigenvalue weighted by Crippen LogP contribution is -2.23. The van der Waals surface area contributed by atoms with Crippen LogP contribution in [0.15, 0.2) is 42.7 Å². The molecule has 0 saturated heterocycles. The van der Waals surface area contributed by atoms with E-state index in [0.717, 1.165) is 25.1 Å². The van der Waals surface area contributed by atoms with Gasteiger partial charge in [-0.2, -0.15) is 5.10 Å². The van der Waals surface area contributed by atoms with Gasteiger partial charge in [0.05, 0.1) is 11.9 Å². The molecule has 0 fully saturated rings. The van der Waals surface area contributed by atoms with Gasteiger partial charge in [0.25, 0.3) is 0 Å². The third kappa shape index (κ3) is 4.42. The summed E-state index contributed by atoms with van der Waals surface area (Å²) in [6.45, 7) is 1.14. The molecule has 20 heavy (non-hydrogen) atoms. The van der Waals surface area contributed by atoms with Gasteiger partial charge < -0.3 is 10.6 Å². The highest BCUT2D eigenvalue weighted by atomic mass is 16.1. The van der Waals surface area contributed by atoms with Gasteiger partial charge in [-0.1, -0.05) is 30.3 Å². The number of amides is 1. The summed E-state index contributed by atoms with van der Waals surface area (Å²) in [4.78, 5) is 11.2. The lowest BCUT2D eigenvalue weighted by molar-refractivity contribution is -0.121. The van der Waals surface area contributed by atoms with Gasteiger partial charge in [0.2, 0.25) is 5.91 Å². The van der Waals surface area contributed by atoms with Crippen LogP contribution in [0.3, 0.4) is 0 Å². The smallest absolute Gasteiger partial charge is 0.241 e. The molecule has 1 amide bonds. The summed E-state index contributed by atoms with van der Waals surface area (Å²) in [5.74, 6) is -0.0521. The van der Waals surface area contributed by atoms with Gasteiger partial charge in [-0.3, -0.25) is 9.48 Å². The Kier molecular flexibility index (Phi) is 5.17. The fourth-order valence-corrected chi connectivity index (χ4v) is 1.94. The molecule has 0 bridgehead atoms. The predicted molar refractivity (Wildman–Crippen MR) is 79.5 cm³/mol. The van der Waals surface area contributed by atoms with Crippen LogP contribution in [0.1, 0.15) is 12.0 Å². The largest absolute Gasteiger partial charge is 0.382 e. The molecule has 0 aliphatic heterocycles. The quantitative estimate of drug-likeness (QED) is 0.754. The number of hydrogen-bond acceptors (Lipinski definition) is 3. The Bertz CT molecular complexity index is 536. The average molecular weight is 272 g/mol. The lowest BCUT2D eigenvalue weighted by atomic mass is 10.1. The van der Waals surface area contributed by atoms with Gasteiger partial charge in [-0.15, -0.1) is 0 Å². The van der Waals surface area contributed by atoms with E-state index in [0.29, 0.717) is 0 Å². The molecule has 106 valence electrons. The zero-order valence-electron chi connectivity index (χ0n) is 11.7. The molecule has 2 rings (SSSR count). The van der Waals surface area contributed by atoms with E-state index in [1.165, 1.54) is 5.56 Å². The molecule has 1 aromatic carbocycles. The van der Waals surface area contributed by atoms with Crippen molar-refractivity contribution in [1.29, 1.82) is 0 Å². The third-order valence-electron chi connectivity index (χ3n) is 3.03. The summed E-state index contributed by atoms with van der Waals surface area (Å²) in [6.07, 6.45) is 5.70. The Hall–Kier alpha value is -2.30. The molecule has 0 aliphatic rings. The second-order valence-electron chi connectivity index (χ2n) is 4.62. The van der Waals surface area contributed by atoms with Crippen molar-refractivity contribution >= 4 is 11.6 Å². The average Bonchev–Trinajstić information content (AvgIpc) is 2.92. The van der Waals surface area contributed by atoms with Crippen molar-refractivity contribution in [3.63, 3.8) is 0 Å². The van der Waals surface area contributed by atoms with Crippen molar-refractivity contribution in [3.8, 4) is 0 Å². The second-order valence-corrected chi connectivity index (χ2v) is 4.62. The Labute approximate surface area is 119 Å². The summed E-state index contributed by atoms with van der Waals surface area (Å²) in [5.41, 5.74) is 2.30. The van der Waals surface area contributed by atoms with Crippen molar-refractivity contribution in [1.82, 2.24) is 15.1 Å². The highest BCUT2D eigenvalue weighted by Crippen LogP contribution is 2.06. The minimum atomic E-state index is -0.0521. The molecule has 2 aromatic rings. The van der Waals surface area contributed by atoms with Crippen molar-refractivity contribution in [2.75, 3.05) is 18.9 Å². The zero-order chi connectivity index (χ0) is 14.2. The van der Waals surface area contributed by atoms with Gasteiger partial charge >= 0.3 is 0 Å². The number of anilines is 1. The molecule has 0 spiro atoms. The number of carbonyl (C=O) groups excluding carboxylic acids is 1. The Morgan fingerprint density at radius 2 is 2.10 bits per heavy atom. The first-order valence-corrected chi connectivity index (χ1v) is 6.79. The maximum atomic E-state index is 11.2. The summed E-state index contributed by atoms with van der Waals surface area (Å²) in [6, 6.07) is 10.4. The van der Waals surface area contributed by atoms with E-state index in [4.69, 9.17) is 0 Å². The Morgan fingerprint density at radius 1 is 1.30 bits per heavy atom. The molecule has 5 nitrogen and oxygen atoms in total. The molecule has 0 unspecified atom stereocenters. The normalized spacial score (nSPS) is 10.2. The number of benzene rings is 1. The number of aromatic nitrogens is 2. The number of hydrogen-bond donors (Lipinski definition) is 2. The first-order chi connectivity index (χ1) is 9.78. The van der Waals surface area contributed by atoms with Crippen LogP contribution in [0.4, 0.5) is 5.69 Å². The maximum Gasteiger partial charge on any atom is 0.241 e. The van der Waals surface area contributed by atoms with Crippen LogP contribution < -0.4 is 10.6 Å². The van der Waals surface area contributed by atoms with E-state index < -0.39 is 0 Å². The standard InChI is InChI=1S/C15H20N4O/c1-16-15(20)12-19-11-14(10-18-19)17-9-5-8-13-6-3-2-4-7-13/h2-4,6-7,10-11,17H,5,8-9,12H2,1H3,(H,16,20). The van der Waals surface area contributed by atoms with Crippen LogP contribution in [-0.4, -0.2) is 29.3 Å². The zero-order valence-corrected chi connectivity index (χ0v) is 11.7.